The van der Waals surface area contributed by atoms with Crippen molar-refractivity contribution in [2.75, 3.05) is 0 Å². The molecule has 54 valence electrons. The maximum Gasteiger partial charge on any atom is 0.314 e. The van der Waals surface area contributed by atoms with E-state index in [1.807, 2.05) is 0 Å². The number of nitrogens with zero attached hydrogens (tertiary/aromatic N) is 3. The van der Waals surface area contributed by atoms with Crippen LogP contribution in [0.2, 0.25) is 0 Å². The van der Waals surface area contributed by atoms with Crippen LogP contribution in [0.3, 0.4) is 0 Å². The fourth-order valence-corrected chi connectivity index (χ4v) is 0.859. The highest BCUT2D eigenvalue weighted by Gasteiger charge is 1.95. The normalized spacial score (nSPS) is 10.2. The minimum Gasteiger partial charge on any atom is -0.479 e. The van der Waals surface area contributed by atoms with Gasteiger partial charge in [0.25, 0.3) is 0 Å². The zero-order valence-corrected chi connectivity index (χ0v) is 5.60. The van der Waals surface area contributed by atoms with E-state index < -0.39 is 0 Å². The second kappa shape index (κ2) is 2.16. The Labute approximate surface area is 62.6 Å². The topological polar surface area (TPSA) is 58.9 Å². The highest BCUT2D eigenvalue weighted by Crippen LogP contribution is 2.08. The maximum absolute atomic E-state index is 8.88. The third kappa shape index (κ3) is 0.980. The summed E-state index contributed by atoms with van der Waals surface area (Å²) in [5.74, 6) is 0. The zero-order valence-electron chi connectivity index (χ0n) is 5.60. The van der Waals surface area contributed by atoms with Crippen LogP contribution in [-0.2, 0) is 0 Å². The molecule has 0 saturated carbocycles. The second-order valence-corrected chi connectivity index (χ2v) is 2.08. The molecule has 2 aromatic heterocycles. The standard InChI is InChI=1S/C7H5N3O/c11-7-9-4-6-5(10-7)2-1-3-8-6/h1-4H,(H,9,10,11). The summed E-state index contributed by atoms with van der Waals surface area (Å²) in [5, 5.41) is 8.88. The molecule has 0 amide bonds. The van der Waals surface area contributed by atoms with Gasteiger partial charge >= 0.3 is 6.01 Å². The molecule has 0 fully saturated rings. The zero-order chi connectivity index (χ0) is 7.68. The first-order valence-electron chi connectivity index (χ1n) is 3.13. The Hall–Kier alpha value is -1.71. The quantitative estimate of drug-likeness (QED) is 0.596. The number of rotatable bonds is 0. The molecule has 0 aliphatic carbocycles. The fraction of sp³-hybridized carbons (Fsp3) is 0. The SMILES string of the molecule is Oc1ncc2ncccc2n1. The molecule has 0 radical (unpaired) electrons. The summed E-state index contributed by atoms with van der Waals surface area (Å²) in [6.07, 6.45) is 3.14. The lowest BCUT2D eigenvalue weighted by Gasteiger charge is -1.93. The van der Waals surface area contributed by atoms with Crippen LogP contribution in [0, 0.1) is 0 Å². The summed E-state index contributed by atoms with van der Waals surface area (Å²) in [6.45, 7) is 0. The van der Waals surface area contributed by atoms with Gasteiger partial charge in [-0.15, -0.1) is 0 Å². The van der Waals surface area contributed by atoms with E-state index in [4.69, 9.17) is 5.11 Å². The van der Waals surface area contributed by atoms with Crippen LogP contribution in [-0.4, -0.2) is 20.1 Å². The lowest BCUT2D eigenvalue weighted by Crippen LogP contribution is -1.84. The molecule has 11 heavy (non-hydrogen) atoms. The molecule has 0 saturated heterocycles. The fourth-order valence-electron chi connectivity index (χ4n) is 0.859. The number of pyridine rings is 1. The Balaban J connectivity index is 2.83. The van der Waals surface area contributed by atoms with Crippen molar-refractivity contribution in [3.05, 3.63) is 24.5 Å². The average molecular weight is 147 g/mol. The third-order valence-electron chi connectivity index (χ3n) is 1.34. The van der Waals surface area contributed by atoms with E-state index in [1.165, 1.54) is 6.20 Å². The molecule has 0 aliphatic rings. The van der Waals surface area contributed by atoms with Gasteiger partial charge in [0.05, 0.1) is 11.7 Å². The van der Waals surface area contributed by atoms with Gasteiger partial charge in [-0.25, -0.2) is 4.98 Å². The molecule has 0 aromatic carbocycles. The van der Waals surface area contributed by atoms with Gasteiger partial charge in [-0.05, 0) is 12.1 Å². The van der Waals surface area contributed by atoms with Crippen molar-refractivity contribution in [2.45, 2.75) is 0 Å². The summed E-state index contributed by atoms with van der Waals surface area (Å²) in [4.78, 5) is 11.3. The molecule has 4 nitrogen and oxygen atoms in total. The van der Waals surface area contributed by atoms with Crippen molar-refractivity contribution in [2.24, 2.45) is 0 Å². The monoisotopic (exact) mass is 147 g/mol. The summed E-state index contributed by atoms with van der Waals surface area (Å²) in [5.41, 5.74) is 1.34. The predicted octanol–water partition coefficient (Wildman–Crippen LogP) is 0.730. The highest BCUT2D eigenvalue weighted by molar-refractivity contribution is 5.72. The van der Waals surface area contributed by atoms with Crippen LogP contribution >= 0.6 is 0 Å². The number of hydrogen-bond acceptors (Lipinski definition) is 4. The van der Waals surface area contributed by atoms with Gasteiger partial charge in [0.1, 0.15) is 5.52 Å². The average Bonchev–Trinajstić information content (AvgIpc) is 2.04. The smallest absolute Gasteiger partial charge is 0.314 e. The Morgan fingerprint density at radius 3 is 3.00 bits per heavy atom. The van der Waals surface area contributed by atoms with E-state index in [2.05, 4.69) is 15.0 Å². The summed E-state index contributed by atoms with van der Waals surface area (Å²) >= 11 is 0. The van der Waals surface area contributed by atoms with Gasteiger partial charge in [0.2, 0.25) is 0 Å². The molecule has 2 aromatic rings. The van der Waals surface area contributed by atoms with Crippen molar-refractivity contribution in [3.8, 4) is 6.01 Å². The number of fused-ring (bicyclic) bond motifs is 1. The minimum absolute atomic E-state index is 0.217. The van der Waals surface area contributed by atoms with Crippen LogP contribution < -0.4 is 0 Å². The lowest BCUT2D eigenvalue weighted by molar-refractivity contribution is 0.433. The number of aromatic hydroxyl groups is 1. The predicted molar refractivity (Wildman–Crippen MR) is 39.0 cm³/mol. The molecule has 1 N–H and O–H groups in total. The first-order chi connectivity index (χ1) is 5.36. The molecular formula is C7H5N3O. The first kappa shape index (κ1) is 6.03. The van der Waals surface area contributed by atoms with Gasteiger partial charge in [-0.3, -0.25) is 4.98 Å². The van der Waals surface area contributed by atoms with Crippen molar-refractivity contribution >= 4 is 11.0 Å². The van der Waals surface area contributed by atoms with E-state index in [1.54, 1.807) is 18.3 Å². The molecule has 0 aliphatic heterocycles. The van der Waals surface area contributed by atoms with Crippen LogP contribution in [0.5, 0.6) is 6.01 Å². The summed E-state index contributed by atoms with van der Waals surface area (Å²) in [7, 11) is 0. The van der Waals surface area contributed by atoms with Crippen molar-refractivity contribution in [1.29, 1.82) is 0 Å². The second-order valence-electron chi connectivity index (χ2n) is 2.08. The van der Waals surface area contributed by atoms with Crippen molar-refractivity contribution in [3.63, 3.8) is 0 Å². The van der Waals surface area contributed by atoms with Crippen LogP contribution in [0.4, 0.5) is 0 Å². The highest BCUT2D eigenvalue weighted by atomic mass is 16.3. The lowest BCUT2D eigenvalue weighted by atomic mass is 10.4. The van der Waals surface area contributed by atoms with E-state index in [0.29, 0.717) is 11.0 Å². The maximum atomic E-state index is 8.88. The largest absolute Gasteiger partial charge is 0.479 e. The van der Waals surface area contributed by atoms with Crippen LogP contribution in [0.1, 0.15) is 0 Å². The van der Waals surface area contributed by atoms with Gasteiger partial charge in [-0.1, -0.05) is 0 Å². The van der Waals surface area contributed by atoms with Crippen molar-refractivity contribution in [1.82, 2.24) is 15.0 Å². The Kier molecular flexibility index (Phi) is 1.18. The van der Waals surface area contributed by atoms with E-state index in [0.717, 1.165) is 0 Å². The molecule has 4 heteroatoms. The van der Waals surface area contributed by atoms with Crippen molar-refractivity contribution < 1.29 is 5.11 Å². The van der Waals surface area contributed by atoms with E-state index >= 15 is 0 Å². The Bertz CT molecular complexity index is 388. The van der Waals surface area contributed by atoms with Gasteiger partial charge in [-0.2, -0.15) is 4.98 Å². The van der Waals surface area contributed by atoms with Gasteiger partial charge < -0.3 is 5.11 Å². The van der Waals surface area contributed by atoms with E-state index in [-0.39, 0.29) is 6.01 Å². The van der Waals surface area contributed by atoms with E-state index in [9.17, 15) is 0 Å². The number of hydrogen-bond donors (Lipinski definition) is 1. The minimum atomic E-state index is -0.217. The molecule has 0 atom stereocenters. The third-order valence-corrected chi connectivity index (χ3v) is 1.34. The van der Waals surface area contributed by atoms with Gasteiger partial charge in [0.15, 0.2) is 0 Å². The molecular weight excluding hydrogens is 142 g/mol. The summed E-state index contributed by atoms with van der Waals surface area (Å²) in [6, 6.07) is 3.31. The van der Waals surface area contributed by atoms with Gasteiger partial charge in [0, 0.05) is 6.20 Å². The summed E-state index contributed by atoms with van der Waals surface area (Å²) < 4.78 is 0. The van der Waals surface area contributed by atoms with Crippen LogP contribution in [0.15, 0.2) is 24.5 Å². The molecule has 2 rings (SSSR count). The first-order valence-corrected chi connectivity index (χ1v) is 3.13. The molecule has 0 spiro atoms. The molecule has 0 unspecified atom stereocenters. The Morgan fingerprint density at radius 2 is 2.09 bits per heavy atom. The van der Waals surface area contributed by atoms with Crippen LogP contribution in [0.25, 0.3) is 11.0 Å². The molecule has 0 bridgehead atoms. The molecule has 2 heterocycles. The number of aromatic nitrogens is 3. The Morgan fingerprint density at radius 1 is 1.18 bits per heavy atom.